The number of hydrogen-bond donors (Lipinski definition) is 3. The Morgan fingerprint density at radius 1 is 1.36 bits per heavy atom. The van der Waals surface area contributed by atoms with Crippen LogP contribution in [0.3, 0.4) is 0 Å². The first-order valence-corrected chi connectivity index (χ1v) is 8.65. The van der Waals surface area contributed by atoms with Gasteiger partial charge >= 0.3 is 0 Å². The molecule has 1 aromatic carbocycles. The number of nitrogens with one attached hydrogen (secondary N) is 2. The van der Waals surface area contributed by atoms with E-state index in [0.717, 1.165) is 10.8 Å². The molecule has 0 fully saturated rings. The minimum absolute atomic E-state index is 0.0937. The molecule has 0 aliphatic heterocycles. The maximum atomic E-state index is 14.7. The van der Waals surface area contributed by atoms with E-state index in [1.807, 2.05) is 0 Å². The lowest BCUT2D eigenvalue weighted by molar-refractivity contribution is -0.0956. The van der Waals surface area contributed by atoms with Crippen LogP contribution in [0.2, 0.25) is 0 Å². The van der Waals surface area contributed by atoms with Crippen molar-refractivity contribution in [3.05, 3.63) is 51.9 Å². The topological polar surface area (TPSA) is 92.6 Å². The van der Waals surface area contributed by atoms with Crippen LogP contribution in [-0.4, -0.2) is 35.6 Å². The third-order valence-corrected chi connectivity index (χ3v) is 3.99. The second kappa shape index (κ2) is 8.53. The fraction of sp³-hybridized carbons (Fsp3) is 0.333. The highest BCUT2D eigenvalue weighted by Crippen LogP contribution is 2.24. The van der Waals surface area contributed by atoms with E-state index in [4.69, 9.17) is 4.84 Å². The standard InChI is InChI=1S/C18H22BF2N3O4/c1-4-24-8-11(16(26)23-28-18(2,3)9-25)15(14(21)17(24)27)22-13-6-5-10(19)7-12(13)20/h5-8,22,25H,4,9,19H2,1-3H3,(H,23,26). The van der Waals surface area contributed by atoms with Gasteiger partial charge in [-0.25, -0.2) is 9.87 Å². The van der Waals surface area contributed by atoms with Gasteiger partial charge in [-0.15, -0.1) is 0 Å². The van der Waals surface area contributed by atoms with Crippen molar-refractivity contribution >= 4 is 30.6 Å². The van der Waals surface area contributed by atoms with Crippen LogP contribution in [0.4, 0.5) is 20.2 Å². The Labute approximate surface area is 161 Å². The lowest BCUT2D eigenvalue weighted by Crippen LogP contribution is -2.39. The first-order valence-electron chi connectivity index (χ1n) is 8.65. The van der Waals surface area contributed by atoms with E-state index < -0.39 is 34.4 Å². The average molecular weight is 393 g/mol. The third-order valence-electron chi connectivity index (χ3n) is 3.99. The summed E-state index contributed by atoms with van der Waals surface area (Å²) in [4.78, 5) is 29.8. The predicted molar refractivity (Wildman–Crippen MR) is 104 cm³/mol. The molecule has 0 spiro atoms. The summed E-state index contributed by atoms with van der Waals surface area (Å²) in [5, 5.41) is 11.7. The van der Waals surface area contributed by atoms with Crippen molar-refractivity contribution in [2.75, 3.05) is 11.9 Å². The van der Waals surface area contributed by atoms with Gasteiger partial charge in [0.15, 0.2) is 0 Å². The maximum Gasteiger partial charge on any atom is 0.288 e. The molecule has 1 aromatic heterocycles. The summed E-state index contributed by atoms with van der Waals surface area (Å²) in [6, 6.07) is 4.21. The molecule has 3 N–H and O–H groups in total. The van der Waals surface area contributed by atoms with Gasteiger partial charge in [0, 0.05) is 12.7 Å². The number of hydrogen-bond acceptors (Lipinski definition) is 5. The summed E-state index contributed by atoms with van der Waals surface area (Å²) in [6.07, 6.45) is 1.16. The van der Waals surface area contributed by atoms with Gasteiger partial charge in [-0.2, -0.15) is 4.39 Å². The van der Waals surface area contributed by atoms with Gasteiger partial charge < -0.3 is 15.0 Å². The largest absolute Gasteiger partial charge is 0.393 e. The number of aromatic nitrogens is 1. The van der Waals surface area contributed by atoms with Crippen LogP contribution < -0.4 is 21.8 Å². The molecule has 150 valence electrons. The monoisotopic (exact) mass is 393 g/mol. The van der Waals surface area contributed by atoms with E-state index in [1.54, 1.807) is 20.8 Å². The van der Waals surface area contributed by atoms with Gasteiger partial charge in [-0.3, -0.25) is 14.4 Å². The lowest BCUT2D eigenvalue weighted by atomic mass is 9.96. The summed E-state index contributed by atoms with van der Waals surface area (Å²) in [5.41, 5.74) is -0.0763. The minimum atomic E-state index is -1.23. The molecule has 0 radical (unpaired) electrons. The van der Waals surface area contributed by atoms with E-state index in [1.165, 1.54) is 26.0 Å². The van der Waals surface area contributed by atoms with Crippen molar-refractivity contribution in [2.24, 2.45) is 0 Å². The third kappa shape index (κ3) is 4.76. The van der Waals surface area contributed by atoms with Crippen LogP contribution in [-0.2, 0) is 11.4 Å². The number of halogens is 2. The number of amides is 1. The van der Waals surface area contributed by atoms with Gasteiger partial charge in [0.25, 0.3) is 11.5 Å². The molecule has 1 heterocycles. The SMILES string of the molecule is Bc1ccc(Nc2c(C(=O)NOC(C)(C)CO)cn(CC)c(=O)c2F)c(F)c1. The molecule has 0 aliphatic rings. The number of aliphatic hydroxyl groups excluding tert-OH is 1. The predicted octanol–water partition coefficient (Wildman–Crippen LogP) is 0.581. The molecular formula is C18H22BF2N3O4. The normalized spacial score (nSPS) is 11.4. The first kappa shape index (κ1) is 21.6. The van der Waals surface area contributed by atoms with Crippen LogP contribution in [0, 0.1) is 11.6 Å². The molecule has 0 unspecified atom stereocenters. The van der Waals surface area contributed by atoms with Crippen molar-refractivity contribution in [3.8, 4) is 0 Å². The number of anilines is 2. The molecule has 28 heavy (non-hydrogen) atoms. The van der Waals surface area contributed by atoms with E-state index in [2.05, 4.69) is 10.8 Å². The summed E-state index contributed by atoms with van der Waals surface area (Å²) >= 11 is 0. The number of benzene rings is 1. The Bertz CT molecular complexity index is 947. The Morgan fingerprint density at radius 2 is 2.04 bits per heavy atom. The Morgan fingerprint density at radius 3 is 2.61 bits per heavy atom. The van der Waals surface area contributed by atoms with Gasteiger partial charge in [0.2, 0.25) is 5.82 Å². The second-order valence-corrected chi connectivity index (χ2v) is 6.88. The van der Waals surface area contributed by atoms with Crippen molar-refractivity contribution in [2.45, 2.75) is 32.9 Å². The minimum Gasteiger partial charge on any atom is -0.393 e. The zero-order chi connectivity index (χ0) is 21.1. The van der Waals surface area contributed by atoms with Crippen molar-refractivity contribution < 1.29 is 23.5 Å². The van der Waals surface area contributed by atoms with Crippen molar-refractivity contribution in [1.29, 1.82) is 0 Å². The maximum absolute atomic E-state index is 14.7. The van der Waals surface area contributed by atoms with Crippen LogP contribution in [0.25, 0.3) is 0 Å². The smallest absolute Gasteiger partial charge is 0.288 e. The lowest BCUT2D eigenvalue weighted by Gasteiger charge is -2.22. The van der Waals surface area contributed by atoms with Gasteiger partial charge in [0.1, 0.15) is 19.3 Å². The highest BCUT2D eigenvalue weighted by Gasteiger charge is 2.24. The Hall–Kier alpha value is -2.72. The quantitative estimate of drug-likeness (QED) is 0.473. The molecule has 1 amide bonds. The van der Waals surface area contributed by atoms with E-state index >= 15 is 0 Å². The zero-order valence-electron chi connectivity index (χ0n) is 16.1. The van der Waals surface area contributed by atoms with Crippen LogP contribution >= 0.6 is 0 Å². The van der Waals surface area contributed by atoms with Gasteiger partial charge in [-0.05, 0) is 32.9 Å². The average Bonchev–Trinajstić information content (AvgIpc) is 2.65. The summed E-state index contributed by atoms with van der Waals surface area (Å²) in [6.45, 7) is 4.41. The Balaban J connectivity index is 2.49. The number of pyridine rings is 1. The van der Waals surface area contributed by atoms with Crippen LogP contribution in [0.5, 0.6) is 0 Å². The van der Waals surface area contributed by atoms with Crippen molar-refractivity contribution in [1.82, 2.24) is 10.0 Å². The molecular weight excluding hydrogens is 371 g/mol. The summed E-state index contributed by atoms with van der Waals surface area (Å²) in [5.74, 6) is -2.75. The zero-order valence-corrected chi connectivity index (χ0v) is 16.1. The molecule has 2 aromatic rings. The summed E-state index contributed by atoms with van der Waals surface area (Å²) < 4.78 is 29.9. The number of hydroxylamine groups is 1. The fourth-order valence-corrected chi connectivity index (χ4v) is 2.29. The number of rotatable bonds is 7. The molecule has 10 heteroatoms. The van der Waals surface area contributed by atoms with Crippen LogP contribution in [0.1, 0.15) is 31.1 Å². The van der Waals surface area contributed by atoms with Crippen molar-refractivity contribution in [3.63, 3.8) is 0 Å². The number of carbonyl (C=O) groups is 1. The van der Waals surface area contributed by atoms with E-state index in [0.29, 0.717) is 5.46 Å². The number of carbonyl (C=O) groups excluding carboxylic acids is 1. The summed E-state index contributed by atoms with van der Waals surface area (Å²) in [7, 11) is 1.69. The number of aryl methyl sites for hydroxylation is 1. The van der Waals surface area contributed by atoms with E-state index in [9.17, 15) is 23.5 Å². The number of aliphatic hydroxyl groups is 1. The molecule has 7 nitrogen and oxygen atoms in total. The highest BCUT2D eigenvalue weighted by molar-refractivity contribution is 6.32. The molecule has 2 rings (SSSR count). The number of nitrogens with zero attached hydrogens (tertiary/aromatic N) is 1. The molecule has 0 bridgehead atoms. The molecule has 0 saturated heterocycles. The molecule has 0 saturated carbocycles. The fourth-order valence-electron chi connectivity index (χ4n) is 2.29. The first-order chi connectivity index (χ1) is 13.1. The molecule has 0 aliphatic carbocycles. The van der Waals surface area contributed by atoms with Gasteiger partial charge in [-0.1, -0.05) is 11.5 Å². The highest BCUT2D eigenvalue weighted by atomic mass is 19.1. The van der Waals surface area contributed by atoms with Gasteiger partial charge in [0.05, 0.1) is 23.5 Å². The molecule has 0 atom stereocenters. The Kier molecular flexibility index (Phi) is 6.58. The second-order valence-electron chi connectivity index (χ2n) is 6.88. The van der Waals surface area contributed by atoms with Crippen LogP contribution in [0.15, 0.2) is 29.2 Å². The van der Waals surface area contributed by atoms with E-state index in [-0.39, 0.29) is 24.4 Å².